The minimum Gasteiger partial charge on any atom is -0.492 e. The molecule has 0 aromatic heterocycles. The number of rotatable bonds is 9. The maximum Gasteiger partial charge on any atom is 0.490 e. The van der Waals surface area contributed by atoms with Crippen LogP contribution in [-0.2, 0) is 14.8 Å². The summed E-state index contributed by atoms with van der Waals surface area (Å²) >= 11 is 0. The van der Waals surface area contributed by atoms with Gasteiger partial charge in [0, 0.05) is 11.1 Å². The summed E-state index contributed by atoms with van der Waals surface area (Å²) in [5, 5.41) is 17.3. The molecule has 39 heavy (non-hydrogen) atoms. The fraction of sp³-hybridized carbons (Fsp3) is 0.160. The van der Waals surface area contributed by atoms with E-state index in [0.717, 1.165) is 6.26 Å². The van der Waals surface area contributed by atoms with Crippen LogP contribution in [0.15, 0.2) is 78.9 Å². The number of halogens is 3. The van der Waals surface area contributed by atoms with Crippen LogP contribution in [0.5, 0.6) is 5.75 Å². The topological polar surface area (TPSA) is 163 Å². The molecule has 0 atom stereocenters. The predicted molar refractivity (Wildman–Crippen MR) is 139 cm³/mol. The number of amides is 1. The third-order valence-corrected chi connectivity index (χ3v) is 5.82. The number of amidine groups is 1. The molecule has 1 amide bonds. The number of carbonyl (C=O) groups excluding carboxylic acids is 1. The first-order chi connectivity index (χ1) is 18.2. The minimum absolute atomic E-state index is 0.0473. The third-order valence-electron chi connectivity index (χ3n) is 4.73. The Bertz CT molecular complexity index is 1400. The number of hydrogen-bond donors (Lipinski definition) is 4. The molecule has 0 bridgehead atoms. The van der Waals surface area contributed by atoms with Crippen LogP contribution in [0.3, 0.4) is 0 Å². The molecule has 0 saturated heterocycles. The molecule has 0 radical (unpaired) electrons. The van der Waals surface area contributed by atoms with E-state index >= 15 is 0 Å². The van der Waals surface area contributed by atoms with E-state index in [1.807, 2.05) is 0 Å². The highest BCUT2D eigenvalue weighted by atomic mass is 32.2. The molecule has 0 aliphatic rings. The van der Waals surface area contributed by atoms with Gasteiger partial charge < -0.3 is 20.9 Å². The van der Waals surface area contributed by atoms with E-state index in [1.165, 1.54) is 4.31 Å². The van der Waals surface area contributed by atoms with Gasteiger partial charge >= 0.3 is 12.1 Å². The molecule has 14 heteroatoms. The molecule has 3 aromatic rings. The average molecular weight is 567 g/mol. The molecule has 0 aliphatic heterocycles. The van der Waals surface area contributed by atoms with E-state index in [1.54, 1.807) is 78.9 Å². The van der Waals surface area contributed by atoms with Crippen LogP contribution in [0.2, 0.25) is 0 Å². The summed E-state index contributed by atoms with van der Waals surface area (Å²) in [6.07, 6.45) is -3.95. The van der Waals surface area contributed by atoms with Crippen molar-refractivity contribution in [2.24, 2.45) is 5.73 Å². The van der Waals surface area contributed by atoms with Gasteiger partial charge in [0.2, 0.25) is 10.0 Å². The van der Waals surface area contributed by atoms with Crippen molar-refractivity contribution >= 4 is 39.1 Å². The highest BCUT2D eigenvalue weighted by molar-refractivity contribution is 7.92. The number of para-hydroxylation sites is 1. The summed E-state index contributed by atoms with van der Waals surface area (Å²) in [5.74, 6) is -2.55. The van der Waals surface area contributed by atoms with Gasteiger partial charge in [-0.05, 0) is 48.5 Å². The second-order valence-corrected chi connectivity index (χ2v) is 9.59. The summed E-state index contributed by atoms with van der Waals surface area (Å²) in [5.41, 5.74) is 7.37. The maximum absolute atomic E-state index is 12.4. The van der Waals surface area contributed by atoms with Crippen LogP contribution < -0.4 is 20.1 Å². The van der Waals surface area contributed by atoms with Gasteiger partial charge in [-0.15, -0.1) is 0 Å². The highest BCUT2D eigenvalue weighted by Crippen LogP contribution is 2.28. The lowest BCUT2D eigenvalue weighted by Crippen LogP contribution is -2.28. The van der Waals surface area contributed by atoms with Gasteiger partial charge in [0.05, 0.1) is 24.2 Å². The molecular weight excluding hydrogens is 541 g/mol. The Balaban J connectivity index is 0.000000673. The zero-order valence-corrected chi connectivity index (χ0v) is 21.3. The monoisotopic (exact) mass is 566 g/mol. The first kappa shape index (κ1) is 30.6. The molecule has 0 heterocycles. The molecule has 208 valence electrons. The number of ether oxygens (including phenoxy) is 1. The van der Waals surface area contributed by atoms with Crippen molar-refractivity contribution in [1.29, 1.82) is 5.41 Å². The Kier molecular flexibility index (Phi) is 10.4. The molecule has 0 fully saturated rings. The number of sulfonamides is 1. The summed E-state index contributed by atoms with van der Waals surface area (Å²) in [6.45, 7) is 0.505. The van der Waals surface area contributed by atoms with Crippen molar-refractivity contribution in [2.45, 2.75) is 6.18 Å². The standard InChI is InChI=1S/C23H24N4O4S.C2HF3O2/c1-32(29,30)27(19-7-3-2-4-8-19)20-12-10-17(11-13-20)23(28)26-14-15-31-21-9-5-6-18(16-21)22(24)25;3-2(4,5)1(6)7/h2-13,16H,14-15H2,1H3,(H3,24,25)(H,26,28);(H,6,7). The number of carboxylic acids is 1. The average Bonchev–Trinajstić information content (AvgIpc) is 2.87. The van der Waals surface area contributed by atoms with Crippen molar-refractivity contribution in [3.05, 3.63) is 90.0 Å². The molecule has 3 rings (SSSR count). The number of aliphatic carboxylic acids is 1. The Labute approximate surface area is 222 Å². The van der Waals surface area contributed by atoms with Gasteiger partial charge in [0.1, 0.15) is 18.2 Å². The number of nitrogens with two attached hydrogens (primary N) is 1. The van der Waals surface area contributed by atoms with Gasteiger partial charge in [0.15, 0.2) is 0 Å². The lowest BCUT2D eigenvalue weighted by Gasteiger charge is -2.22. The van der Waals surface area contributed by atoms with Crippen LogP contribution in [-0.4, -0.2) is 56.8 Å². The number of carboxylic acid groups (broad SMARTS) is 1. The van der Waals surface area contributed by atoms with E-state index in [0.29, 0.717) is 28.3 Å². The fourth-order valence-corrected chi connectivity index (χ4v) is 4.04. The zero-order valence-electron chi connectivity index (χ0n) is 20.5. The summed E-state index contributed by atoms with van der Waals surface area (Å²) in [7, 11) is -3.56. The van der Waals surface area contributed by atoms with Gasteiger partial charge in [-0.1, -0.05) is 30.3 Å². The first-order valence-electron chi connectivity index (χ1n) is 11.0. The van der Waals surface area contributed by atoms with E-state index in [2.05, 4.69) is 5.32 Å². The third kappa shape index (κ3) is 9.66. The second kappa shape index (κ2) is 13.3. The normalized spacial score (nSPS) is 11.0. The largest absolute Gasteiger partial charge is 0.492 e. The van der Waals surface area contributed by atoms with E-state index in [-0.39, 0.29) is 24.9 Å². The Morgan fingerprint density at radius 3 is 2.05 bits per heavy atom. The van der Waals surface area contributed by atoms with Crippen LogP contribution in [0.4, 0.5) is 24.5 Å². The van der Waals surface area contributed by atoms with Crippen LogP contribution in [0.25, 0.3) is 0 Å². The van der Waals surface area contributed by atoms with E-state index in [4.69, 9.17) is 25.8 Å². The molecular formula is C25H25F3N4O6S. The molecule has 0 spiro atoms. The fourth-order valence-electron chi connectivity index (χ4n) is 3.03. The molecule has 10 nitrogen and oxygen atoms in total. The number of hydrogen-bond acceptors (Lipinski definition) is 6. The number of nitrogen functional groups attached to an aromatic ring is 1. The zero-order chi connectivity index (χ0) is 29.2. The van der Waals surface area contributed by atoms with Gasteiger partial charge in [-0.25, -0.2) is 17.5 Å². The minimum atomic E-state index is -5.08. The van der Waals surface area contributed by atoms with Crippen LogP contribution in [0, 0.1) is 5.41 Å². The van der Waals surface area contributed by atoms with Crippen molar-refractivity contribution < 1.29 is 41.0 Å². The van der Waals surface area contributed by atoms with E-state index in [9.17, 15) is 26.4 Å². The molecule has 5 N–H and O–H groups in total. The lowest BCUT2D eigenvalue weighted by atomic mass is 10.2. The van der Waals surface area contributed by atoms with E-state index < -0.39 is 22.2 Å². The highest BCUT2D eigenvalue weighted by Gasteiger charge is 2.38. The maximum atomic E-state index is 12.4. The summed E-state index contributed by atoms with van der Waals surface area (Å²) in [6, 6.07) is 21.9. The predicted octanol–water partition coefficient (Wildman–Crippen LogP) is 3.51. The summed E-state index contributed by atoms with van der Waals surface area (Å²) in [4.78, 5) is 21.3. The molecule has 0 saturated carbocycles. The number of nitrogens with zero attached hydrogens (tertiary/aromatic N) is 1. The number of carbonyl (C=O) groups is 2. The first-order valence-corrected chi connectivity index (χ1v) is 12.9. The van der Waals surface area contributed by atoms with Crippen LogP contribution >= 0.6 is 0 Å². The molecule has 0 aliphatic carbocycles. The number of nitrogens with one attached hydrogen (secondary N) is 2. The van der Waals surface area contributed by atoms with Crippen LogP contribution in [0.1, 0.15) is 15.9 Å². The SMILES string of the molecule is CS(=O)(=O)N(c1ccccc1)c1ccc(C(=O)NCCOc2cccc(C(=N)N)c2)cc1.O=C(O)C(F)(F)F. The lowest BCUT2D eigenvalue weighted by molar-refractivity contribution is -0.192. The van der Waals surface area contributed by atoms with Gasteiger partial charge in [-0.3, -0.25) is 10.2 Å². The molecule has 0 unspecified atom stereocenters. The summed E-state index contributed by atoms with van der Waals surface area (Å²) < 4.78 is 63.2. The van der Waals surface area contributed by atoms with Crippen molar-refractivity contribution in [3.63, 3.8) is 0 Å². The Morgan fingerprint density at radius 2 is 1.54 bits per heavy atom. The van der Waals surface area contributed by atoms with Crippen molar-refractivity contribution in [2.75, 3.05) is 23.7 Å². The number of benzene rings is 3. The quantitative estimate of drug-likeness (QED) is 0.175. The Morgan fingerprint density at radius 1 is 0.974 bits per heavy atom. The van der Waals surface area contributed by atoms with Crippen molar-refractivity contribution in [3.8, 4) is 5.75 Å². The number of alkyl halides is 3. The number of anilines is 2. The van der Waals surface area contributed by atoms with Gasteiger partial charge in [-0.2, -0.15) is 13.2 Å². The Hall–Kier alpha value is -4.59. The van der Waals surface area contributed by atoms with Crippen molar-refractivity contribution in [1.82, 2.24) is 5.32 Å². The molecule has 3 aromatic carbocycles. The van der Waals surface area contributed by atoms with Gasteiger partial charge in [0.25, 0.3) is 5.91 Å². The smallest absolute Gasteiger partial charge is 0.490 e. The second-order valence-electron chi connectivity index (χ2n) is 7.76.